The molecule has 0 saturated carbocycles. The quantitative estimate of drug-likeness (QED) is 0.624. The fourth-order valence-corrected chi connectivity index (χ4v) is 3.29. The first-order valence-corrected chi connectivity index (χ1v) is 10.6. The maximum absolute atomic E-state index is 12.3. The Morgan fingerprint density at radius 1 is 1.13 bits per heavy atom. The highest BCUT2D eigenvalue weighted by Crippen LogP contribution is 2.29. The molecule has 2 aromatic rings. The van der Waals surface area contributed by atoms with Crippen LogP contribution >= 0.6 is 23.8 Å². The molecule has 6 nitrogen and oxygen atoms in total. The van der Waals surface area contributed by atoms with Crippen molar-refractivity contribution in [2.75, 3.05) is 39.5 Å². The molecule has 0 aromatic heterocycles. The van der Waals surface area contributed by atoms with Crippen molar-refractivity contribution < 1.29 is 19.0 Å². The molecule has 8 heteroatoms. The van der Waals surface area contributed by atoms with E-state index in [0.29, 0.717) is 61.0 Å². The van der Waals surface area contributed by atoms with E-state index >= 15 is 0 Å². The average Bonchev–Trinajstić information content (AvgIpc) is 2.78. The molecule has 160 valence electrons. The SMILES string of the molecule is CCOc1cc(C(=S)NCc2ccc(Cl)cc2)ccc1OCC(=O)N1CCOCC1. The lowest BCUT2D eigenvalue weighted by Gasteiger charge is -2.26. The van der Waals surface area contributed by atoms with Gasteiger partial charge in [-0.25, -0.2) is 0 Å². The van der Waals surface area contributed by atoms with Crippen LogP contribution < -0.4 is 14.8 Å². The Hall–Kier alpha value is -2.35. The van der Waals surface area contributed by atoms with E-state index in [1.807, 2.05) is 43.3 Å². The Kier molecular flexibility index (Phi) is 8.30. The molecule has 0 spiro atoms. The first kappa shape index (κ1) is 22.3. The highest BCUT2D eigenvalue weighted by molar-refractivity contribution is 7.80. The number of ether oxygens (including phenoxy) is 3. The molecule has 0 bridgehead atoms. The summed E-state index contributed by atoms with van der Waals surface area (Å²) in [6.07, 6.45) is 0. The van der Waals surface area contributed by atoms with E-state index in [1.54, 1.807) is 11.0 Å². The van der Waals surface area contributed by atoms with Gasteiger partial charge in [-0.3, -0.25) is 4.79 Å². The van der Waals surface area contributed by atoms with Crippen molar-refractivity contribution in [1.29, 1.82) is 0 Å². The van der Waals surface area contributed by atoms with Gasteiger partial charge in [0.2, 0.25) is 0 Å². The number of nitrogens with zero attached hydrogens (tertiary/aromatic N) is 1. The Balaban J connectivity index is 1.61. The molecular formula is C22H25ClN2O4S. The number of morpholine rings is 1. The van der Waals surface area contributed by atoms with Crippen molar-refractivity contribution in [3.05, 3.63) is 58.6 Å². The van der Waals surface area contributed by atoms with E-state index in [1.165, 1.54) is 0 Å². The van der Waals surface area contributed by atoms with Gasteiger partial charge in [-0.05, 0) is 42.8 Å². The predicted molar refractivity (Wildman–Crippen MR) is 120 cm³/mol. The van der Waals surface area contributed by atoms with Gasteiger partial charge in [0.05, 0.1) is 19.8 Å². The number of rotatable bonds is 8. The molecule has 1 fully saturated rings. The zero-order valence-corrected chi connectivity index (χ0v) is 18.4. The topological polar surface area (TPSA) is 60.0 Å². The van der Waals surface area contributed by atoms with Crippen LogP contribution in [0.4, 0.5) is 0 Å². The number of benzene rings is 2. The van der Waals surface area contributed by atoms with Crippen LogP contribution in [0.15, 0.2) is 42.5 Å². The number of nitrogens with one attached hydrogen (secondary N) is 1. The van der Waals surface area contributed by atoms with Gasteiger partial charge in [-0.1, -0.05) is 36.0 Å². The average molecular weight is 449 g/mol. The van der Waals surface area contributed by atoms with Crippen molar-refractivity contribution in [2.24, 2.45) is 0 Å². The third-order valence-electron chi connectivity index (χ3n) is 4.59. The van der Waals surface area contributed by atoms with Gasteiger partial charge in [0, 0.05) is 30.2 Å². The third-order valence-corrected chi connectivity index (χ3v) is 5.22. The molecule has 0 radical (unpaired) electrons. The molecule has 1 amide bonds. The Morgan fingerprint density at radius 3 is 2.57 bits per heavy atom. The van der Waals surface area contributed by atoms with Gasteiger partial charge in [0.25, 0.3) is 5.91 Å². The van der Waals surface area contributed by atoms with Crippen LogP contribution in [-0.2, 0) is 16.1 Å². The van der Waals surface area contributed by atoms with Gasteiger partial charge in [0.15, 0.2) is 18.1 Å². The molecule has 2 aromatic carbocycles. The van der Waals surface area contributed by atoms with Crippen LogP contribution in [0, 0.1) is 0 Å². The summed E-state index contributed by atoms with van der Waals surface area (Å²) < 4.78 is 16.7. The van der Waals surface area contributed by atoms with E-state index < -0.39 is 0 Å². The van der Waals surface area contributed by atoms with E-state index in [-0.39, 0.29) is 12.5 Å². The Bertz CT molecular complexity index is 870. The molecule has 1 N–H and O–H groups in total. The molecule has 0 unspecified atom stereocenters. The first-order valence-electron chi connectivity index (χ1n) is 9.84. The van der Waals surface area contributed by atoms with Crippen LogP contribution in [0.2, 0.25) is 5.02 Å². The minimum atomic E-state index is -0.0648. The van der Waals surface area contributed by atoms with Crippen molar-refractivity contribution in [3.63, 3.8) is 0 Å². The summed E-state index contributed by atoms with van der Waals surface area (Å²) in [7, 11) is 0. The molecule has 1 aliphatic heterocycles. The molecule has 0 aliphatic carbocycles. The van der Waals surface area contributed by atoms with Crippen LogP contribution in [0.1, 0.15) is 18.1 Å². The largest absolute Gasteiger partial charge is 0.490 e. The fraction of sp³-hybridized carbons (Fsp3) is 0.364. The monoisotopic (exact) mass is 448 g/mol. The number of thiocarbonyl (C=S) groups is 1. The van der Waals surface area contributed by atoms with E-state index in [2.05, 4.69) is 5.32 Å². The van der Waals surface area contributed by atoms with Gasteiger partial charge >= 0.3 is 0 Å². The molecule has 1 aliphatic rings. The van der Waals surface area contributed by atoms with Crippen LogP contribution in [0.25, 0.3) is 0 Å². The van der Waals surface area contributed by atoms with Crippen LogP contribution in [-0.4, -0.2) is 55.3 Å². The maximum atomic E-state index is 12.3. The molecule has 3 rings (SSSR count). The predicted octanol–water partition coefficient (Wildman–Crippen LogP) is 3.44. The second-order valence-corrected chi connectivity index (χ2v) is 7.53. The summed E-state index contributed by atoms with van der Waals surface area (Å²) in [5.74, 6) is 1.01. The second-order valence-electron chi connectivity index (χ2n) is 6.69. The maximum Gasteiger partial charge on any atom is 0.260 e. The summed E-state index contributed by atoms with van der Waals surface area (Å²) in [6, 6.07) is 13.1. The molecule has 30 heavy (non-hydrogen) atoms. The normalized spacial score (nSPS) is 13.6. The minimum Gasteiger partial charge on any atom is -0.490 e. The van der Waals surface area contributed by atoms with Crippen molar-refractivity contribution >= 4 is 34.7 Å². The lowest BCUT2D eigenvalue weighted by molar-refractivity contribution is -0.137. The summed E-state index contributed by atoms with van der Waals surface area (Å²) in [6.45, 7) is 5.22. The van der Waals surface area contributed by atoms with Crippen molar-refractivity contribution in [1.82, 2.24) is 10.2 Å². The number of amides is 1. The second kappa shape index (κ2) is 11.2. The lowest BCUT2D eigenvalue weighted by atomic mass is 10.2. The van der Waals surface area contributed by atoms with Gasteiger partial charge in [-0.15, -0.1) is 0 Å². The fourth-order valence-electron chi connectivity index (χ4n) is 2.97. The first-order chi connectivity index (χ1) is 14.6. The van der Waals surface area contributed by atoms with E-state index in [4.69, 9.17) is 38.0 Å². The van der Waals surface area contributed by atoms with Crippen molar-refractivity contribution in [2.45, 2.75) is 13.5 Å². The molecule has 0 atom stereocenters. The smallest absolute Gasteiger partial charge is 0.260 e. The number of hydrogen-bond donors (Lipinski definition) is 1. The third kappa shape index (κ3) is 6.32. The van der Waals surface area contributed by atoms with Crippen LogP contribution in [0.5, 0.6) is 11.5 Å². The molecule has 1 heterocycles. The number of carbonyl (C=O) groups excluding carboxylic acids is 1. The Morgan fingerprint density at radius 2 is 1.87 bits per heavy atom. The zero-order chi connectivity index (χ0) is 21.3. The number of halogens is 1. The summed E-state index contributed by atoms with van der Waals surface area (Å²) in [5.41, 5.74) is 1.89. The summed E-state index contributed by atoms with van der Waals surface area (Å²) >= 11 is 11.4. The molecule has 1 saturated heterocycles. The summed E-state index contributed by atoms with van der Waals surface area (Å²) in [4.78, 5) is 14.7. The summed E-state index contributed by atoms with van der Waals surface area (Å²) in [5, 5.41) is 3.94. The van der Waals surface area contributed by atoms with Gasteiger partial charge in [-0.2, -0.15) is 0 Å². The Labute approximate surface area is 187 Å². The van der Waals surface area contributed by atoms with Gasteiger partial charge < -0.3 is 24.4 Å². The molecular weight excluding hydrogens is 424 g/mol. The lowest BCUT2D eigenvalue weighted by Crippen LogP contribution is -2.43. The van der Waals surface area contributed by atoms with E-state index in [9.17, 15) is 4.79 Å². The van der Waals surface area contributed by atoms with Gasteiger partial charge in [0.1, 0.15) is 4.99 Å². The van der Waals surface area contributed by atoms with E-state index in [0.717, 1.165) is 11.1 Å². The van der Waals surface area contributed by atoms with Crippen LogP contribution in [0.3, 0.4) is 0 Å². The minimum absolute atomic E-state index is 0.0430. The zero-order valence-electron chi connectivity index (χ0n) is 16.9. The highest BCUT2D eigenvalue weighted by Gasteiger charge is 2.18. The number of carbonyl (C=O) groups is 1. The standard InChI is InChI=1S/C22H25ClN2O4S/c1-2-28-20-13-17(22(30)24-14-16-3-6-18(23)7-4-16)5-8-19(20)29-15-21(26)25-9-11-27-12-10-25/h3-8,13H,2,9-12,14-15H2,1H3,(H,24,30). The van der Waals surface area contributed by atoms with Crippen molar-refractivity contribution in [3.8, 4) is 11.5 Å². The highest BCUT2D eigenvalue weighted by atomic mass is 35.5. The number of hydrogen-bond acceptors (Lipinski definition) is 5.